The number of guanidine groups is 1. The minimum absolute atomic E-state index is 0.0129. The molecule has 0 aliphatic heterocycles. The number of carboxylic acids is 2. The first-order valence-electron chi connectivity index (χ1n) is 5.20. The van der Waals surface area contributed by atoms with E-state index in [0.717, 1.165) is 0 Å². The van der Waals surface area contributed by atoms with Gasteiger partial charge in [0.15, 0.2) is 5.96 Å². The van der Waals surface area contributed by atoms with Gasteiger partial charge in [0.05, 0.1) is 0 Å². The van der Waals surface area contributed by atoms with Gasteiger partial charge in [-0.1, -0.05) is 0 Å². The van der Waals surface area contributed by atoms with Crippen LogP contribution in [0.25, 0.3) is 0 Å². The van der Waals surface area contributed by atoms with Crippen molar-refractivity contribution in [3.05, 3.63) is 0 Å². The van der Waals surface area contributed by atoms with E-state index >= 15 is 0 Å². The van der Waals surface area contributed by atoms with Crippen molar-refractivity contribution in [2.24, 2.45) is 27.9 Å². The van der Waals surface area contributed by atoms with Gasteiger partial charge in [-0.25, -0.2) is 0 Å². The van der Waals surface area contributed by atoms with Crippen LogP contribution in [0.5, 0.6) is 0 Å². The van der Waals surface area contributed by atoms with Crippen molar-refractivity contribution in [1.29, 1.82) is 0 Å². The molecule has 0 amide bonds. The van der Waals surface area contributed by atoms with Crippen LogP contribution in [0.2, 0.25) is 0 Å². The first-order valence-corrected chi connectivity index (χ1v) is 5.20. The third-order valence-corrected chi connectivity index (χ3v) is 1.67. The molecule has 0 aromatic carbocycles. The molecular weight excluding hydrogens is 242 g/mol. The van der Waals surface area contributed by atoms with Crippen LogP contribution < -0.4 is 22.9 Å². The molecule has 0 radical (unpaired) electrons. The Hall–Kier alpha value is -1.87. The number of aliphatic carboxylic acids is 2. The largest absolute Gasteiger partial charge is 0.480 e. The number of aliphatic imine (C=N–C) groups is 1. The summed E-state index contributed by atoms with van der Waals surface area (Å²) in [5.74, 6) is -1.95. The second-order valence-corrected chi connectivity index (χ2v) is 3.52. The summed E-state index contributed by atoms with van der Waals surface area (Å²) in [6.07, 6.45) is 0.956. The van der Waals surface area contributed by atoms with Crippen LogP contribution in [0.3, 0.4) is 0 Å². The summed E-state index contributed by atoms with van der Waals surface area (Å²) in [5.41, 5.74) is 20.2. The Balaban J connectivity index is 0. The first-order chi connectivity index (χ1) is 8.18. The van der Waals surface area contributed by atoms with Crippen molar-refractivity contribution in [3.63, 3.8) is 0 Å². The monoisotopic (exact) mass is 263 g/mol. The first kappa shape index (κ1) is 18.5. The van der Waals surface area contributed by atoms with E-state index in [9.17, 15) is 9.59 Å². The van der Waals surface area contributed by atoms with Gasteiger partial charge >= 0.3 is 11.9 Å². The zero-order valence-corrected chi connectivity index (χ0v) is 10.2. The summed E-state index contributed by atoms with van der Waals surface area (Å²) in [4.78, 5) is 23.5. The van der Waals surface area contributed by atoms with Crippen LogP contribution in [0.4, 0.5) is 0 Å². The summed E-state index contributed by atoms with van der Waals surface area (Å²) in [7, 11) is 0. The van der Waals surface area contributed by atoms with E-state index in [2.05, 4.69) is 4.99 Å². The molecule has 0 unspecified atom stereocenters. The Bertz CT molecular complexity index is 289. The number of nitrogens with zero attached hydrogens (tertiary/aromatic N) is 1. The molecule has 0 aliphatic carbocycles. The Morgan fingerprint density at radius 3 is 1.89 bits per heavy atom. The molecule has 0 fully saturated rings. The van der Waals surface area contributed by atoms with E-state index in [-0.39, 0.29) is 5.96 Å². The fourth-order valence-corrected chi connectivity index (χ4v) is 0.643. The normalized spacial score (nSPS) is 12.6. The summed E-state index contributed by atoms with van der Waals surface area (Å²) < 4.78 is 0. The van der Waals surface area contributed by atoms with Crippen molar-refractivity contribution >= 4 is 17.9 Å². The standard InChI is InChI=1S/C6H14N4O2.C3H7NO2/c7-4(5(11)12)2-1-3-10-6(8)9;1-2(4)3(5)6/h4H,1-3,7H2,(H,11,12)(H4,8,9,10);2H,4H2,1H3,(H,5,6)/t4-;2-/m01/s1. The molecule has 106 valence electrons. The van der Waals surface area contributed by atoms with Gasteiger partial charge < -0.3 is 33.1 Å². The molecule has 0 saturated carbocycles. The maximum atomic E-state index is 10.2. The highest BCUT2D eigenvalue weighted by molar-refractivity contribution is 5.75. The van der Waals surface area contributed by atoms with E-state index in [1.165, 1.54) is 6.92 Å². The lowest BCUT2D eigenvalue weighted by Crippen LogP contribution is -2.30. The van der Waals surface area contributed by atoms with Crippen LogP contribution in [0.1, 0.15) is 19.8 Å². The predicted octanol–water partition coefficient (Wildman–Crippen LogP) is -2.13. The summed E-state index contributed by atoms with van der Waals surface area (Å²) in [6, 6.07) is -1.55. The molecule has 0 bridgehead atoms. The van der Waals surface area contributed by atoms with Crippen molar-refractivity contribution in [3.8, 4) is 0 Å². The Morgan fingerprint density at radius 1 is 1.17 bits per heavy atom. The van der Waals surface area contributed by atoms with Crippen LogP contribution in [-0.2, 0) is 9.59 Å². The molecule has 0 heterocycles. The van der Waals surface area contributed by atoms with E-state index in [1.807, 2.05) is 0 Å². The summed E-state index contributed by atoms with van der Waals surface area (Å²) in [5, 5.41) is 16.2. The van der Waals surface area contributed by atoms with Crippen molar-refractivity contribution in [2.45, 2.75) is 31.8 Å². The Labute approximate surface area is 105 Å². The fraction of sp³-hybridized carbons (Fsp3) is 0.667. The van der Waals surface area contributed by atoms with Crippen LogP contribution in [-0.4, -0.2) is 46.7 Å². The number of nitrogens with two attached hydrogens (primary N) is 4. The number of hydrogen-bond acceptors (Lipinski definition) is 5. The van der Waals surface area contributed by atoms with Crippen molar-refractivity contribution in [1.82, 2.24) is 0 Å². The smallest absolute Gasteiger partial charge is 0.320 e. The fourth-order valence-electron chi connectivity index (χ4n) is 0.643. The van der Waals surface area contributed by atoms with Gasteiger partial charge in [-0.05, 0) is 19.8 Å². The van der Waals surface area contributed by atoms with Gasteiger partial charge in [-0.3, -0.25) is 14.6 Å². The average molecular weight is 263 g/mol. The molecule has 0 aromatic rings. The quantitative estimate of drug-likeness (QED) is 0.178. The van der Waals surface area contributed by atoms with Crippen molar-refractivity contribution in [2.75, 3.05) is 6.54 Å². The van der Waals surface area contributed by atoms with Crippen LogP contribution in [0, 0.1) is 0 Å². The third-order valence-electron chi connectivity index (χ3n) is 1.67. The minimum Gasteiger partial charge on any atom is -0.480 e. The molecule has 0 spiro atoms. The number of carboxylic acid groups (broad SMARTS) is 2. The maximum Gasteiger partial charge on any atom is 0.320 e. The molecule has 0 aromatic heterocycles. The second-order valence-electron chi connectivity index (χ2n) is 3.52. The predicted molar refractivity (Wildman–Crippen MR) is 66.8 cm³/mol. The van der Waals surface area contributed by atoms with E-state index in [1.54, 1.807) is 0 Å². The van der Waals surface area contributed by atoms with Crippen molar-refractivity contribution < 1.29 is 19.8 Å². The molecule has 18 heavy (non-hydrogen) atoms. The van der Waals surface area contributed by atoms with Gasteiger partial charge in [0.1, 0.15) is 12.1 Å². The second kappa shape index (κ2) is 10.3. The molecule has 9 heteroatoms. The molecule has 9 nitrogen and oxygen atoms in total. The molecule has 2 atom stereocenters. The highest BCUT2D eigenvalue weighted by Crippen LogP contribution is 1.94. The van der Waals surface area contributed by atoms with Gasteiger partial charge in [-0.2, -0.15) is 0 Å². The highest BCUT2D eigenvalue weighted by Gasteiger charge is 2.09. The summed E-state index contributed by atoms with van der Waals surface area (Å²) >= 11 is 0. The van der Waals surface area contributed by atoms with E-state index in [4.69, 9.17) is 33.1 Å². The molecule has 0 saturated heterocycles. The summed E-state index contributed by atoms with van der Waals surface area (Å²) in [6.45, 7) is 1.84. The number of carbonyl (C=O) groups is 2. The topological polar surface area (TPSA) is 191 Å². The van der Waals surface area contributed by atoms with E-state index in [0.29, 0.717) is 19.4 Å². The number of rotatable bonds is 6. The lowest BCUT2D eigenvalue weighted by Gasteiger charge is -2.03. The number of hydrogen-bond donors (Lipinski definition) is 6. The lowest BCUT2D eigenvalue weighted by molar-refractivity contribution is -0.139. The molecule has 10 N–H and O–H groups in total. The molecule has 0 aliphatic rings. The zero-order valence-electron chi connectivity index (χ0n) is 10.2. The Kier molecular flexibility index (Phi) is 10.6. The molecule has 0 rings (SSSR count). The maximum absolute atomic E-state index is 10.2. The SMILES string of the molecule is C[C@@H](N)C(=O)O.NC(N)=NCCC[C@H](N)C(=O)O. The van der Waals surface area contributed by atoms with Crippen LogP contribution >= 0.6 is 0 Å². The van der Waals surface area contributed by atoms with Gasteiger partial charge in [0.25, 0.3) is 0 Å². The van der Waals surface area contributed by atoms with Gasteiger partial charge in [0, 0.05) is 6.54 Å². The lowest BCUT2D eigenvalue weighted by atomic mass is 10.2. The van der Waals surface area contributed by atoms with Crippen LogP contribution in [0.15, 0.2) is 4.99 Å². The third kappa shape index (κ3) is 14.1. The Morgan fingerprint density at radius 2 is 1.61 bits per heavy atom. The average Bonchev–Trinajstić information content (AvgIpc) is 2.24. The highest BCUT2D eigenvalue weighted by atomic mass is 16.4. The van der Waals surface area contributed by atoms with Gasteiger partial charge in [0.2, 0.25) is 0 Å². The minimum atomic E-state index is -1.00. The zero-order chi connectivity index (χ0) is 14.7. The van der Waals surface area contributed by atoms with Gasteiger partial charge in [-0.15, -0.1) is 0 Å². The molecular formula is C9H21N5O4. The van der Waals surface area contributed by atoms with E-state index < -0.39 is 24.0 Å².